The van der Waals surface area contributed by atoms with Gasteiger partial charge in [0.05, 0.1) is 6.54 Å². The van der Waals surface area contributed by atoms with Gasteiger partial charge in [-0.2, -0.15) is 5.10 Å². The van der Waals surface area contributed by atoms with Crippen LogP contribution in [-0.4, -0.2) is 45.0 Å². The fraction of sp³-hybridized carbons (Fsp3) is 0.250. The van der Waals surface area contributed by atoms with Gasteiger partial charge in [-0.05, 0) is 42.3 Å². The minimum Gasteiger partial charge on any atom is -0.350 e. The predicted octanol–water partition coefficient (Wildman–Crippen LogP) is 2.77. The Morgan fingerprint density at radius 1 is 1.09 bits per heavy atom. The quantitative estimate of drug-likeness (QED) is 0.563. The summed E-state index contributed by atoms with van der Waals surface area (Å²) in [5.74, 6) is -1.62. The zero-order valence-corrected chi connectivity index (χ0v) is 19.4. The highest BCUT2D eigenvalue weighted by atomic mass is 35.5. The van der Waals surface area contributed by atoms with Gasteiger partial charge in [-0.1, -0.05) is 35.9 Å². The summed E-state index contributed by atoms with van der Waals surface area (Å²) in [6.07, 6.45) is 0. The van der Waals surface area contributed by atoms with Crippen molar-refractivity contribution in [2.45, 2.75) is 32.1 Å². The minimum absolute atomic E-state index is 0.0708. The zero-order chi connectivity index (χ0) is 24.5. The molecule has 0 saturated heterocycles. The molecule has 3 aromatic rings. The molecule has 1 atom stereocenters. The summed E-state index contributed by atoms with van der Waals surface area (Å²) in [7, 11) is 1.54. The first-order chi connectivity index (χ1) is 16.2. The number of hydrogen-bond donors (Lipinski definition) is 2. The molecule has 0 radical (unpaired) electrons. The van der Waals surface area contributed by atoms with E-state index in [1.165, 1.54) is 34.8 Å². The van der Waals surface area contributed by atoms with E-state index in [0.29, 0.717) is 5.02 Å². The van der Waals surface area contributed by atoms with Crippen LogP contribution in [0.1, 0.15) is 39.0 Å². The van der Waals surface area contributed by atoms with Gasteiger partial charge in [0, 0.05) is 31.2 Å². The number of likely N-dealkylation sites (N-methyl/N-ethyl adjacent to an activating group) is 1. The molecule has 34 heavy (non-hydrogen) atoms. The van der Waals surface area contributed by atoms with Crippen LogP contribution in [0, 0.1) is 5.82 Å². The number of fused-ring (bicyclic) bond motifs is 1. The first-order valence-electron chi connectivity index (χ1n) is 10.6. The highest BCUT2D eigenvalue weighted by Crippen LogP contribution is 2.26. The van der Waals surface area contributed by atoms with Crippen LogP contribution >= 0.6 is 11.6 Å². The molecule has 0 bridgehead atoms. The molecule has 1 aromatic heterocycles. The Balaban J connectivity index is 1.46. The summed E-state index contributed by atoms with van der Waals surface area (Å²) >= 11 is 5.97. The first-order valence-corrected chi connectivity index (χ1v) is 11.0. The molecule has 0 unspecified atom stereocenters. The molecule has 4 rings (SSSR count). The van der Waals surface area contributed by atoms with Crippen molar-refractivity contribution >= 4 is 29.3 Å². The van der Waals surface area contributed by atoms with Crippen LogP contribution in [0.15, 0.2) is 54.6 Å². The van der Waals surface area contributed by atoms with Gasteiger partial charge in [0.15, 0.2) is 5.69 Å². The van der Waals surface area contributed by atoms with Gasteiger partial charge in [-0.15, -0.1) is 0 Å². The van der Waals surface area contributed by atoms with Gasteiger partial charge in [0.25, 0.3) is 11.8 Å². The standard InChI is InChI=1S/C24H23ClFN5O3/c1-24(23(34)28-12-15-6-8-18(26)9-7-15)14-31-20(22(33)30(24)2)11-19(29-31)21(32)27-13-16-4-3-5-17(25)10-16/h3-11H,12-14H2,1-2H3,(H,27,32)(H,28,34)/t24-/m1/s1. The number of amides is 3. The number of nitrogens with zero attached hydrogens (tertiary/aromatic N) is 3. The van der Waals surface area contributed by atoms with E-state index >= 15 is 0 Å². The molecule has 0 aliphatic carbocycles. The van der Waals surface area contributed by atoms with Crippen LogP contribution in [0.5, 0.6) is 0 Å². The van der Waals surface area contributed by atoms with Crippen molar-refractivity contribution in [1.82, 2.24) is 25.3 Å². The normalized spacial score (nSPS) is 17.3. The van der Waals surface area contributed by atoms with Crippen molar-refractivity contribution in [3.8, 4) is 0 Å². The number of nitrogens with one attached hydrogen (secondary N) is 2. The summed E-state index contributed by atoms with van der Waals surface area (Å²) in [5.41, 5.74) is 0.617. The summed E-state index contributed by atoms with van der Waals surface area (Å²) in [4.78, 5) is 40.0. The summed E-state index contributed by atoms with van der Waals surface area (Å²) in [5, 5.41) is 10.4. The van der Waals surface area contributed by atoms with E-state index in [0.717, 1.165) is 11.1 Å². The van der Waals surface area contributed by atoms with E-state index in [1.807, 2.05) is 6.07 Å². The molecule has 10 heteroatoms. The van der Waals surface area contributed by atoms with E-state index in [1.54, 1.807) is 37.3 Å². The number of carbonyl (C=O) groups is 3. The van der Waals surface area contributed by atoms with Crippen molar-refractivity contribution in [3.05, 3.63) is 88.0 Å². The maximum Gasteiger partial charge on any atom is 0.272 e. The van der Waals surface area contributed by atoms with E-state index in [-0.39, 0.29) is 42.7 Å². The molecule has 2 heterocycles. The lowest BCUT2D eigenvalue weighted by molar-refractivity contribution is -0.132. The molecule has 8 nitrogen and oxygen atoms in total. The van der Waals surface area contributed by atoms with Gasteiger partial charge < -0.3 is 15.5 Å². The number of benzene rings is 2. The summed E-state index contributed by atoms with van der Waals surface area (Å²) in [6, 6.07) is 14.3. The topological polar surface area (TPSA) is 96.3 Å². The Bertz CT molecular complexity index is 1260. The molecule has 0 spiro atoms. The van der Waals surface area contributed by atoms with Gasteiger partial charge >= 0.3 is 0 Å². The van der Waals surface area contributed by atoms with E-state index in [2.05, 4.69) is 15.7 Å². The van der Waals surface area contributed by atoms with Gasteiger partial charge in [0.2, 0.25) is 5.91 Å². The van der Waals surface area contributed by atoms with Crippen LogP contribution in [-0.2, 0) is 24.4 Å². The number of halogens is 2. The van der Waals surface area contributed by atoms with Crippen molar-refractivity contribution in [3.63, 3.8) is 0 Å². The van der Waals surface area contributed by atoms with E-state index < -0.39 is 17.4 Å². The number of rotatable bonds is 6. The molecular formula is C24H23ClFN5O3. The van der Waals surface area contributed by atoms with Crippen molar-refractivity contribution in [1.29, 1.82) is 0 Å². The van der Waals surface area contributed by atoms with Crippen LogP contribution in [0.25, 0.3) is 0 Å². The third-order valence-corrected chi connectivity index (χ3v) is 6.17. The van der Waals surface area contributed by atoms with Crippen molar-refractivity contribution in [2.75, 3.05) is 7.05 Å². The van der Waals surface area contributed by atoms with Crippen LogP contribution in [0.4, 0.5) is 4.39 Å². The fourth-order valence-corrected chi connectivity index (χ4v) is 3.95. The fourth-order valence-electron chi connectivity index (χ4n) is 3.73. The second-order valence-corrected chi connectivity index (χ2v) is 8.77. The van der Waals surface area contributed by atoms with Crippen LogP contribution in [0.3, 0.4) is 0 Å². The minimum atomic E-state index is -1.23. The Morgan fingerprint density at radius 3 is 2.50 bits per heavy atom. The molecule has 1 aliphatic heterocycles. The van der Waals surface area contributed by atoms with Gasteiger partial charge in [0.1, 0.15) is 17.1 Å². The third kappa shape index (κ3) is 4.65. The average Bonchev–Trinajstić information content (AvgIpc) is 3.24. The second kappa shape index (κ2) is 9.26. The lowest BCUT2D eigenvalue weighted by atomic mass is 9.96. The number of aromatic nitrogens is 2. The van der Waals surface area contributed by atoms with E-state index in [4.69, 9.17) is 11.6 Å². The highest BCUT2D eigenvalue weighted by Gasteiger charge is 2.46. The Hall–Kier alpha value is -3.72. The maximum absolute atomic E-state index is 13.1. The number of carbonyl (C=O) groups excluding carboxylic acids is 3. The van der Waals surface area contributed by atoms with Crippen LogP contribution < -0.4 is 10.6 Å². The molecular weight excluding hydrogens is 461 g/mol. The maximum atomic E-state index is 13.1. The summed E-state index contributed by atoms with van der Waals surface area (Å²) in [6.45, 7) is 2.13. The smallest absolute Gasteiger partial charge is 0.272 e. The molecule has 1 aliphatic rings. The monoisotopic (exact) mass is 483 g/mol. The SMILES string of the molecule is CN1C(=O)c2cc(C(=O)NCc3cccc(Cl)c3)nn2C[C@]1(C)C(=O)NCc1ccc(F)cc1. The lowest BCUT2D eigenvalue weighted by Crippen LogP contribution is -2.62. The average molecular weight is 484 g/mol. The molecule has 2 aromatic carbocycles. The highest BCUT2D eigenvalue weighted by molar-refractivity contribution is 6.30. The first kappa shape index (κ1) is 23.4. The number of hydrogen-bond acceptors (Lipinski definition) is 4. The summed E-state index contributed by atoms with van der Waals surface area (Å²) < 4.78 is 14.5. The molecule has 0 saturated carbocycles. The Morgan fingerprint density at radius 2 is 1.79 bits per heavy atom. The third-order valence-electron chi connectivity index (χ3n) is 5.93. The molecule has 3 amide bonds. The van der Waals surface area contributed by atoms with Crippen LogP contribution in [0.2, 0.25) is 5.02 Å². The van der Waals surface area contributed by atoms with Crippen molar-refractivity contribution in [2.24, 2.45) is 0 Å². The van der Waals surface area contributed by atoms with Gasteiger partial charge in [-0.25, -0.2) is 4.39 Å². The van der Waals surface area contributed by atoms with E-state index in [9.17, 15) is 18.8 Å². The Labute approximate surface area is 200 Å². The largest absolute Gasteiger partial charge is 0.350 e. The van der Waals surface area contributed by atoms with Crippen molar-refractivity contribution < 1.29 is 18.8 Å². The molecule has 0 fully saturated rings. The zero-order valence-electron chi connectivity index (χ0n) is 18.6. The Kier molecular flexibility index (Phi) is 6.39. The lowest BCUT2D eigenvalue weighted by Gasteiger charge is -2.40. The second-order valence-electron chi connectivity index (χ2n) is 8.33. The molecule has 2 N–H and O–H groups in total. The predicted molar refractivity (Wildman–Crippen MR) is 124 cm³/mol. The van der Waals surface area contributed by atoms with Gasteiger partial charge in [-0.3, -0.25) is 19.1 Å². The molecule has 176 valence electrons.